The summed E-state index contributed by atoms with van der Waals surface area (Å²) < 4.78 is 114. The van der Waals surface area contributed by atoms with Crippen molar-refractivity contribution in [3.05, 3.63) is 204 Å². The van der Waals surface area contributed by atoms with Gasteiger partial charge in [-0.15, -0.1) is 11.8 Å². The van der Waals surface area contributed by atoms with Crippen LogP contribution >= 0.6 is 23.4 Å². The Morgan fingerprint density at radius 1 is 0.713 bits per heavy atom. The number of likely N-dealkylation sites (N-methyl/N-ethyl adjacent to an activating group) is 1. The SMILES string of the molecule is CN(CCO[Si](c1ccccc1)(c1ccccc1)C(C)(C)C)CC[C@H](CSc1ccccc1)Cc1ccc(S(=O)(=O)CC(=O)c2ccc(N3CCC([C@@H](O[Si](C)(C)C(C)(C)C)c4ccccc4-c4ccc(Cl)cc4)CC3)cc2)cc1S(=O)(=O)C(F)(F)F. The summed E-state index contributed by atoms with van der Waals surface area (Å²) in [7, 11) is -13.8. The Morgan fingerprint density at radius 2 is 1.28 bits per heavy atom. The predicted molar refractivity (Wildman–Crippen MR) is 355 cm³/mol. The second-order valence-corrected chi connectivity index (χ2v) is 40.0. The minimum atomic E-state index is -6.06. The number of rotatable bonds is 25. The number of hydrogen-bond acceptors (Lipinski definition) is 10. The van der Waals surface area contributed by atoms with Gasteiger partial charge >= 0.3 is 5.51 Å². The molecule has 7 aromatic carbocycles. The van der Waals surface area contributed by atoms with Gasteiger partial charge in [0.2, 0.25) is 0 Å². The Labute approximate surface area is 526 Å². The average molecular weight is 1300 g/mol. The van der Waals surface area contributed by atoms with Crippen molar-refractivity contribution < 1.29 is 43.7 Å². The largest absolute Gasteiger partial charge is 0.501 e. The average Bonchev–Trinajstić information content (AvgIpc) is 1.03. The molecule has 464 valence electrons. The normalized spacial score (nSPS) is 14.9. The van der Waals surface area contributed by atoms with Gasteiger partial charge in [-0.25, -0.2) is 16.8 Å². The first-order valence-electron chi connectivity index (χ1n) is 29.7. The minimum Gasteiger partial charge on any atom is -0.410 e. The van der Waals surface area contributed by atoms with E-state index in [0.29, 0.717) is 56.0 Å². The standard InChI is InChI=1S/C69H82ClF3N2O7S3Si2/c1-67(2,3)86(8,9)82-66(63-28-20-19-27-62(63)52-29-34-56(70)35-30-52)54-40-43-75(44-41-54)57-36-31-53(32-37-57)64(76)50-84(77,78)59-38-33-55(65(48-59)85(79,80)69(71,72)73)47-51(49-83-58-21-13-10-14-22-58)39-42-74(7)45-46-81-87(68(4,5)6,60-23-15-11-16-24-60)61-25-17-12-18-26-61/h10-38,48,51,54,66H,39-47,49-50H2,1-9H3/t51-,66+/m0/s1. The smallest absolute Gasteiger partial charge is 0.410 e. The summed E-state index contributed by atoms with van der Waals surface area (Å²) in [5.41, 5.74) is -1.65. The van der Waals surface area contributed by atoms with Gasteiger partial charge in [-0.1, -0.05) is 174 Å². The number of anilines is 1. The van der Waals surface area contributed by atoms with E-state index in [1.807, 2.05) is 104 Å². The molecule has 0 spiro atoms. The van der Waals surface area contributed by atoms with Gasteiger partial charge in [0.1, 0.15) is 5.75 Å². The molecule has 0 bridgehead atoms. The van der Waals surface area contributed by atoms with E-state index < -0.39 is 63.1 Å². The van der Waals surface area contributed by atoms with Crippen LogP contribution < -0.4 is 15.3 Å². The van der Waals surface area contributed by atoms with Gasteiger partial charge in [-0.3, -0.25) is 4.79 Å². The van der Waals surface area contributed by atoms with Crippen LogP contribution in [-0.4, -0.2) is 101 Å². The van der Waals surface area contributed by atoms with E-state index in [1.165, 1.54) is 11.8 Å². The van der Waals surface area contributed by atoms with Crippen molar-refractivity contribution in [1.29, 1.82) is 0 Å². The molecule has 18 heteroatoms. The summed E-state index contributed by atoms with van der Waals surface area (Å²) in [5.74, 6) is -1.59. The molecule has 0 amide bonds. The summed E-state index contributed by atoms with van der Waals surface area (Å²) in [6.07, 6.45) is 1.86. The number of carbonyl (C=O) groups is 1. The van der Waals surface area contributed by atoms with Gasteiger partial charge < -0.3 is 18.7 Å². The van der Waals surface area contributed by atoms with E-state index >= 15 is 0 Å². The predicted octanol–water partition coefficient (Wildman–Crippen LogP) is 15.8. The Morgan fingerprint density at radius 3 is 1.84 bits per heavy atom. The highest BCUT2D eigenvalue weighted by atomic mass is 35.5. The summed E-state index contributed by atoms with van der Waals surface area (Å²) in [4.78, 5) is 17.3. The lowest BCUT2D eigenvalue weighted by atomic mass is 9.84. The number of piperidine rings is 1. The third-order valence-corrected chi connectivity index (χ3v) is 31.5. The zero-order valence-electron chi connectivity index (χ0n) is 51.3. The molecule has 1 heterocycles. The Kier molecular flexibility index (Phi) is 21.9. The highest BCUT2D eigenvalue weighted by Gasteiger charge is 2.51. The number of sulfone groups is 2. The van der Waals surface area contributed by atoms with Gasteiger partial charge in [-0.2, -0.15) is 13.2 Å². The molecule has 2 atom stereocenters. The molecule has 0 unspecified atom stereocenters. The zero-order chi connectivity index (χ0) is 63.0. The number of benzene rings is 7. The number of carbonyl (C=O) groups excluding carboxylic acids is 1. The molecular weight excluding hydrogens is 1210 g/mol. The summed E-state index contributed by atoms with van der Waals surface area (Å²) in [6.45, 7) is 20.8. The van der Waals surface area contributed by atoms with Crippen molar-refractivity contribution in [2.45, 2.75) is 117 Å². The van der Waals surface area contributed by atoms with Crippen LogP contribution in [0.4, 0.5) is 18.9 Å². The topological polar surface area (TPSA) is 110 Å². The Bertz CT molecular complexity index is 3600. The lowest BCUT2D eigenvalue weighted by molar-refractivity contribution is -0.0436. The molecule has 1 aliphatic heterocycles. The molecule has 0 saturated carbocycles. The van der Waals surface area contributed by atoms with Crippen LogP contribution in [0.2, 0.25) is 28.2 Å². The molecule has 0 radical (unpaired) electrons. The summed E-state index contributed by atoms with van der Waals surface area (Å²) >= 11 is 7.81. The lowest BCUT2D eigenvalue weighted by Gasteiger charge is -2.44. The maximum atomic E-state index is 14.7. The molecule has 1 aliphatic rings. The van der Waals surface area contributed by atoms with E-state index in [2.05, 4.69) is 107 Å². The van der Waals surface area contributed by atoms with Crippen molar-refractivity contribution in [2.75, 3.05) is 56.2 Å². The number of alkyl halides is 3. The number of thioether (sulfide) groups is 1. The number of Topliss-reactive ketones (excluding diaryl/α,β-unsaturated/α-hetero) is 1. The fraction of sp³-hybridized carbons (Fsp3) is 0.377. The Hall–Kier alpha value is -5.35. The highest BCUT2D eigenvalue weighted by molar-refractivity contribution is 7.99. The number of halogens is 4. The molecule has 0 N–H and O–H groups in total. The maximum absolute atomic E-state index is 14.7. The van der Waals surface area contributed by atoms with Crippen LogP contribution in [0.3, 0.4) is 0 Å². The number of nitrogens with zero attached hydrogens (tertiary/aromatic N) is 2. The minimum absolute atomic E-state index is 0.0284. The molecule has 1 fully saturated rings. The third kappa shape index (κ3) is 16.4. The van der Waals surface area contributed by atoms with Crippen molar-refractivity contribution >= 4 is 81.5 Å². The molecule has 0 aromatic heterocycles. The first-order valence-corrected chi connectivity index (χ1v) is 39.0. The van der Waals surface area contributed by atoms with Gasteiger partial charge in [0.15, 0.2) is 23.9 Å². The van der Waals surface area contributed by atoms with E-state index in [9.17, 15) is 34.8 Å². The summed E-state index contributed by atoms with van der Waals surface area (Å²) in [6, 6.07) is 56.0. The Balaban J connectivity index is 0.963. The van der Waals surface area contributed by atoms with Gasteiger partial charge in [0.05, 0.1) is 15.9 Å². The molecule has 9 nitrogen and oxygen atoms in total. The van der Waals surface area contributed by atoms with Gasteiger partial charge in [0.25, 0.3) is 18.2 Å². The number of hydrogen-bond donors (Lipinski definition) is 0. The van der Waals surface area contributed by atoms with E-state index in [4.69, 9.17) is 20.5 Å². The first-order chi connectivity index (χ1) is 41.0. The zero-order valence-corrected chi connectivity index (χ0v) is 56.5. The molecular formula is C69H82ClF3N2O7S3Si2. The number of ketones is 1. The monoisotopic (exact) mass is 1290 g/mol. The van der Waals surface area contributed by atoms with Gasteiger partial charge in [-0.05, 0) is 168 Å². The van der Waals surface area contributed by atoms with Crippen molar-refractivity contribution in [3.63, 3.8) is 0 Å². The molecule has 7 aromatic rings. The fourth-order valence-electron chi connectivity index (χ4n) is 11.4. The maximum Gasteiger partial charge on any atom is 0.501 e. The molecule has 87 heavy (non-hydrogen) atoms. The molecule has 1 saturated heterocycles. The second kappa shape index (κ2) is 28.2. The van der Waals surface area contributed by atoms with Crippen molar-refractivity contribution in [3.8, 4) is 11.1 Å². The van der Waals surface area contributed by atoms with Crippen molar-refractivity contribution in [1.82, 2.24) is 4.90 Å². The fourth-order valence-corrected chi connectivity index (χ4v) is 20.8. The molecule has 8 rings (SSSR count). The van der Waals surface area contributed by atoms with E-state index in [1.54, 1.807) is 24.3 Å². The van der Waals surface area contributed by atoms with Crippen LogP contribution in [-0.2, 0) is 34.9 Å². The summed E-state index contributed by atoms with van der Waals surface area (Å²) in [5, 5.41) is 2.71. The van der Waals surface area contributed by atoms with Crippen LogP contribution in [0.15, 0.2) is 197 Å². The lowest BCUT2D eigenvalue weighted by Crippen LogP contribution is -2.67. The quantitative estimate of drug-likeness (QED) is 0.0312. The third-order valence-electron chi connectivity index (χ3n) is 17.4. The van der Waals surface area contributed by atoms with Gasteiger partial charge in [0, 0.05) is 53.2 Å². The molecule has 0 aliphatic carbocycles. The highest BCUT2D eigenvalue weighted by Crippen LogP contribution is 2.47. The van der Waals surface area contributed by atoms with E-state index in [0.717, 1.165) is 62.6 Å². The van der Waals surface area contributed by atoms with Crippen LogP contribution in [0, 0.1) is 11.8 Å². The first kappa shape index (κ1) is 67.6. The van der Waals surface area contributed by atoms with Crippen LogP contribution in [0.25, 0.3) is 11.1 Å². The second-order valence-electron chi connectivity index (χ2n) is 25.5. The van der Waals surface area contributed by atoms with Crippen LogP contribution in [0.5, 0.6) is 0 Å². The van der Waals surface area contributed by atoms with Crippen molar-refractivity contribution in [2.24, 2.45) is 11.8 Å². The van der Waals surface area contributed by atoms with Crippen LogP contribution in [0.1, 0.15) is 88.4 Å². The van der Waals surface area contributed by atoms with E-state index in [-0.39, 0.29) is 45.6 Å².